The molecule has 1 aromatic heterocycles. The van der Waals surface area contributed by atoms with Crippen LogP contribution in [0.15, 0.2) is 10.7 Å². The van der Waals surface area contributed by atoms with Gasteiger partial charge in [0, 0.05) is 12.0 Å². The second kappa shape index (κ2) is 6.18. The van der Waals surface area contributed by atoms with E-state index in [0.717, 1.165) is 30.3 Å². The molecular formula is C16H27BrN2O. The van der Waals surface area contributed by atoms with Crippen LogP contribution in [0.4, 0.5) is 0 Å². The maximum absolute atomic E-state index is 10.5. The van der Waals surface area contributed by atoms with E-state index in [2.05, 4.69) is 53.4 Å². The van der Waals surface area contributed by atoms with Gasteiger partial charge in [0.1, 0.15) is 0 Å². The maximum atomic E-state index is 10.5. The van der Waals surface area contributed by atoms with E-state index in [9.17, 15) is 5.11 Å². The minimum absolute atomic E-state index is 0.0654. The van der Waals surface area contributed by atoms with Gasteiger partial charge in [0.15, 0.2) is 0 Å². The Morgan fingerprint density at radius 3 is 2.75 bits per heavy atom. The first-order valence-electron chi connectivity index (χ1n) is 7.77. The predicted molar refractivity (Wildman–Crippen MR) is 85.8 cm³/mol. The van der Waals surface area contributed by atoms with Crippen molar-refractivity contribution in [3.8, 4) is 0 Å². The van der Waals surface area contributed by atoms with Gasteiger partial charge in [0.25, 0.3) is 0 Å². The molecule has 0 aromatic carbocycles. The molecule has 0 spiro atoms. The number of aliphatic hydroxyl groups excluding tert-OH is 1. The molecule has 3 atom stereocenters. The molecule has 4 heteroatoms. The van der Waals surface area contributed by atoms with E-state index < -0.39 is 0 Å². The summed E-state index contributed by atoms with van der Waals surface area (Å²) in [5, 5.41) is 15.0. The van der Waals surface area contributed by atoms with Crippen LogP contribution < -0.4 is 0 Å². The van der Waals surface area contributed by atoms with Crippen molar-refractivity contribution in [2.75, 3.05) is 0 Å². The second-order valence-corrected chi connectivity index (χ2v) is 7.73. The highest BCUT2D eigenvalue weighted by Crippen LogP contribution is 2.44. The zero-order valence-electron chi connectivity index (χ0n) is 13.1. The van der Waals surface area contributed by atoms with Gasteiger partial charge >= 0.3 is 0 Å². The van der Waals surface area contributed by atoms with Gasteiger partial charge in [-0.25, -0.2) is 0 Å². The third-order valence-corrected chi connectivity index (χ3v) is 5.43. The number of halogens is 1. The highest BCUT2D eigenvalue weighted by molar-refractivity contribution is 9.10. The first kappa shape index (κ1) is 16.0. The first-order chi connectivity index (χ1) is 9.37. The monoisotopic (exact) mass is 342 g/mol. The molecule has 0 saturated heterocycles. The van der Waals surface area contributed by atoms with Gasteiger partial charge in [0.2, 0.25) is 0 Å². The van der Waals surface area contributed by atoms with E-state index >= 15 is 0 Å². The number of hydrogen-bond donors (Lipinski definition) is 1. The minimum atomic E-state index is -0.203. The average molecular weight is 343 g/mol. The molecule has 1 heterocycles. The number of aromatic nitrogens is 2. The van der Waals surface area contributed by atoms with E-state index in [4.69, 9.17) is 0 Å². The van der Waals surface area contributed by atoms with E-state index in [1.807, 2.05) is 6.20 Å². The molecule has 1 fully saturated rings. The third kappa shape index (κ3) is 2.96. The van der Waals surface area contributed by atoms with Crippen LogP contribution >= 0.6 is 15.9 Å². The Morgan fingerprint density at radius 1 is 1.45 bits per heavy atom. The zero-order valence-corrected chi connectivity index (χ0v) is 14.7. The summed E-state index contributed by atoms with van der Waals surface area (Å²) in [7, 11) is 0. The summed E-state index contributed by atoms with van der Waals surface area (Å²) < 4.78 is 3.18. The van der Waals surface area contributed by atoms with Crippen molar-refractivity contribution in [2.45, 2.75) is 71.4 Å². The predicted octanol–water partition coefficient (Wildman–Crippen LogP) is 4.13. The molecule has 3 unspecified atom stereocenters. The van der Waals surface area contributed by atoms with Crippen molar-refractivity contribution in [1.29, 1.82) is 0 Å². The second-order valence-electron chi connectivity index (χ2n) is 6.88. The summed E-state index contributed by atoms with van der Waals surface area (Å²) in [6, 6.07) is 0. The number of rotatable bonds is 4. The van der Waals surface area contributed by atoms with Crippen LogP contribution in [0.1, 0.15) is 59.1 Å². The average Bonchev–Trinajstić information content (AvgIpc) is 2.71. The van der Waals surface area contributed by atoms with Crippen LogP contribution in [0, 0.1) is 11.8 Å². The lowest BCUT2D eigenvalue weighted by molar-refractivity contribution is 0.0119. The number of nitrogens with zero attached hydrogens (tertiary/aromatic N) is 2. The summed E-state index contributed by atoms with van der Waals surface area (Å²) in [5.41, 5.74) is 1.17. The standard InChI is InChI=1S/C16H27BrN2O/c1-5-8-19-15(13(17)10-18-19)16(3,4)12-7-6-11(2)9-14(12)20/h10-12,14,20H,5-9H2,1-4H3. The van der Waals surface area contributed by atoms with Crippen LogP contribution in [-0.4, -0.2) is 21.0 Å². The molecular weight excluding hydrogens is 316 g/mol. The summed E-state index contributed by atoms with van der Waals surface area (Å²) in [6.07, 6.45) is 5.99. The molecule has 2 rings (SSSR count). The summed E-state index contributed by atoms with van der Waals surface area (Å²) in [6.45, 7) is 9.85. The molecule has 1 aliphatic rings. The van der Waals surface area contributed by atoms with Crippen LogP contribution in [-0.2, 0) is 12.0 Å². The lowest BCUT2D eigenvalue weighted by Gasteiger charge is -2.42. The quantitative estimate of drug-likeness (QED) is 0.893. The fraction of sp³-hybridized carbons (Fsp3) is 0.812. The van der Waals surface area contributed by atoms with E-state index in [-0.39, 0.29) is 11.5 Å². The van der Waals surface area contributed by atoms with Gasteiger partial charge in [-0.15, -0.1) is 0 Å². The van der Waals surface area contributed by atoms with Crippen LogP contribution in [0.2, 0.25) is 0 Å². The Kier molecular flexibility index (Phi) is 4.96. The third-order valence-electron chi connectivity index (χ3n) is 4.85. The molecule has 1 aromatic rings. The summed E-state index contributed by atoms with van der Waals surface area (Å²) in [4.78, 5) is 0. The Bertz CT molecular complexity index is 455. The van der Waals surface area contributed by atoms with Gasteiger partial charge in [-0.3, -0.25) is 4.68 Å². The Hall–Kier alpha value is -0.350. The van der Waals surface area contributed by atoms with Gasteiger partial charge in [-0.05, 0) is 47.0 Å². The molecule has 0 aliphatic heterocycles. The Balaban J connectivity index is 2.32. The largest absolute Gasteiger partial charge is 0.393 e. The molecule has 1 N–H and O–H groups in total. The lowest BCUT2D eigenvalue weighted by atomic mass is 9.66. The smallest absolute Gasteiger partial charge is 0.0635 e. The van der Waals surface area contributed by atoms with Crippen LogP contribution in [0.3, 0.4) is 0 Å². The molecule has 1 saturated carbocycles. The first-order valence-corrected chi connectivity index (χ1v) is 8.57. The van der Waals surface area contributed by atoms with Gasteiger partial charge < -0.3 is 5.11 Å². The lowest BCUT2D eigenvalue weighted by Crippen LogP contribution is -2.42. The minimum Gasteiger partial charge on any atom is -0.393 e. The number of aliphatic hydroxyl groups is 1. The van der Waals surface area contributed by atoms with Crippen LogP contribution in [0.25, 0.3) is 0 Å². The highest BCUT2D eigenvalue weighted by Gasteiger charge is 2.42. The van der Waals surface area contributed by atoms with Crippen molar-refractivity contribution in [1.82, 2.24) is 9.78 Å². The Morgan fingerprint density at radius 2 is 2.15 bits per heavy atom. The van der Waals surface area contributed by atoms with E-state index in [1.54, 1.807) is 0 Å². The summed E-state index contributed by atoms with van der Waals surface area (Å²) >= 11 is 3.66. The topological polar surface area (TPSA) is 38.0 Å². The molecule has 1 aliphatic carbocycles. The molecule has 0 radical (unpaired) electrons. The SMILES string of the molecule is CCCn1ncc(Br)c1C(C)(C)C1CCC(C)CC1O. The van der Waals surface area contributed by atoms with Crippen molar-refractivity contribution in [3.05, 3.63) is 16.4 Å². The van der Waals surface area contributed by atoms with Crippen molar-refractivity contribution < 1.29 is 5.11 Å². The van der Waals surface area contributed by atoms with E-state index in [0.29, 0.717) is 11.8 Å². The number of hydrogen-bond acceptors (Lipinski definition) is 2. The molecule has 0 amide bonds. The summed E-state index contributed by atoms with van der Waals surface area (Å²) in [5.74, 6) is 0.948. The van der Waals surface area contributed by atoms with Gasteiger partial charge in [-0.1, -0.05) is 34.1 Å². The van der Waals surface area contributed by atoms with Gasteiger partial charge in [0.05, 0.1) is 22.5 Å². The molecule has 20 heavy (non-hydrogen) atoms. The van der Waals surface area contributed by atoms with E-state index in [1.165, 1.54) is 12.1 Å². The molecule has 3 nitrogen and oxygen atoms in total. The van der Waals surface area contributed by atoms with Gasteiger partial charge in [-0.2, -0.15) is 5.10 Å². The normalized spacial score (nSPS) is 27.8. The van der Waals surface area contributed by atoms with Crippen molar-refractivity contribution in [2.24, 2.45) is 11.8 Å². The molecule has 0 bridgehead atoms. The maximum Gasteiger partial charge on any atom is 0.0635 e. The number of aryl methyl sites for hydroxylation is 1. The zero-order chi connectivity index (χ0) is 14.9. The molecule has 114 valence electrons. The fourth-order valence-corrected chi connectivity index (χ4v) is 4.56. The highest BCUT2D eigenvalue weighted by atomic mass is 79.9. The Labute approximate surface area is 130 Å². The van der Waals surface area contributed by atoms with Crippen molar-refractivity contribution >= 4 is 15.9 Å². The fourth-order valence-electron chi connectivity index (χ4n) is 3.75. The van der Waals surface area contributed by atoms with Crippen molar-refractivity contribution in [3.63, 3.8) is 0 Å². The van der Waals surface area contributed by atoms with Crippen LogP contribution in [0.5, 0.6) is 0 Å².